The summed E-state index contributed by atoms with van der Waals surface area (Å²) in [5.41, 5.74) is 0. The number of halogens is 2. The lowest BCUT2D eigenvalue weighted by atomic mass is 9.82. The first-order chi connectivity index (χ1) is 5.24. The van der Waals surface area contributed by atoms with E-state index in [1.807, 2.05) is 0 Å². The van der Waals surface area contributed by atoms with Gasteiger partial charge in [0.1, 0.15) is 0 Å². The summed E-state index contributed by atoms with van der Waals surface area (Å²) in [6.45, 7) is 2.37. The van der Waals surface area contributed by atoms with Crippen LogP contribution in [0.3, 0.4) is 0 Å². The monoisotopic (exact) mass is 282 g/mol. The van der Waals surface area contributed by atoms with Gasteiger partial charge in [0.25, 0.3) is 0 Å². The zero-order valence-electron chi connectivity index (χ0n) is 7.02. The highest BCUT2D eigenvalue weighted by molar-refractivity contribution is 9.12. The Morgan fingerprint density at radius 1 is 1.27 bits per heavy atom. The van der Waals surface area contributed by atoms with E-state index >= 15 is 0 Å². The third-order valence-electron chi connectivity index (χ3n) is 2.72. The number of rotatable bonds is 2. The van der Waals surface area contributed by atoms with Gasteiger partial charge in [-0.3, -0.25) is 0 Å². The minimum Gasteiger partial charge on any atom is -0.0916 e. The smallest absolute Gasteiger partial charge is 0.0271 e. The number of hydrogen-bond acceptors (Lipinski definition) is 0. The molecule has 66 valence electrons. The molecule has 1 atom stereocenters. The highest BCUT2D eigenvalue weighted by Gasteiger charge is 2.23. The molecule has 11 heavy (non-hydrogen) atoms. The lowest BCUT2D eigenvalue weighted by Gasteiger charge is -2.28. The van der Waals surface area contributed by atoms with E-state index in [2.05, 4.69) is 38.8 Å². The maximum atomic E-state index is 3.71. The Balaban J connectivity index is 2.27. The Kier molecular flexibility index (Phi) is 4.44. The highest BCUT2D eigenvalue weighted by atomic mass is 79.9. The first-order valence-corrected chi connectivity index (χ1v) is 6.47. The Labute approximate surface area is 86.4 Å². The lowest BCUT2D eigenvalue weighted by molar-refractivity contribution is 0.293. The molecule has 0 aromatic carbocycles. The maximum Gasteiger partial charge on any atom is 0.0271 e. The molecule has 0 aromatic rings. The molecular formula is C9H16Br2. The van der Waals surface area contributed by atoms with Crippen molar-refractivity contribution in [3.63, 3.8) is 0 Å². The summed E-state index contributed by atoms with van der Waals surface area (Å²) in [6.07, 6.45) is 5.70. The predicted octanol–water partition coefficient (Wildman–Crippen LogP) is 3.97. The van der Waals surface area contributed by atoms with E-state index < -0.39 is 0 Å². The van der Waals surface area contributed by atoms with Crippen molar-refractivity contribution in [1.82, 2.24) is 0 Å². The Hall–Kier alpha value is 0.960. The second-order valence-electron chi connectivity index (χ2n) is 3.69. The summed E-state index contributed by atoms with van der Waals surface area (Å²) in [6, 6.07) is 0. The zero-order chi connectivity index (χ0) is 8.27. The second-order valence-corrected chi connectivity index (χ2v) is 5.51. The Morgan fingerprint density at radius 3 is 2.27 bits per heavy atom. The molecular weight excluding hydrogens is 268 g/mol. The van der Waals surface area contributed by atoms with Gasteiger partial charge in [-0.2, -0.15) is 0 Å². The summed E-state index contributed by atoms with van der Waals surface area (Å²) in [5.74, 6) is 1.90. The fraction of sp³-hybridized carbons (Fsp3) is 1.00. The zero-order valence-corrected chi connectivity index (χ0v) is 10.2. The minimum absolute atomic E-state index is 0.704. The first kappa shape index (κ1) is 10.0. The molecule has 0 amide bonds. The van der Waals surface area contributed by atoms with Crippen LogP contribution in [0, 0.1) is 11.8 Å². The third kappa shape index (κ3) is 3.06. The van der Waals surface area contributed by atoms with Crippen LogP contribution in [-0.4, -0.2) is 10.2 Å². The van der Waals surface area contributed by atoms with Crippen LogP contribution in [0.4, 0.5) is 0 Å². The fourth-order valence-electron chi connectivity index (χ4n) is 1.77. The number of hydrogen-bond donors (Lipinski definition) is 0. The van der Waals surface area contributed by atoms with Crippen LogP contribution in [0.2, 0.25) is 0 Å². The van der Waals surface area contributed by atoms with Gasteiger partial charge in [-0.15, -0.1) is 0 Å². The molecule has 0 bridgehead atoms. The average molecular weight is 284 g/mol. The van der Waals surface area contributed by atoms with Crippen LogP contribution < -0.4 is 0 Å². The van der Waals surface area contributed by atoms with Gasteiger partial charge in [-0.05, 0) is 24.7 Å². The minimum atomic E-state index is 0.704. The van der Waals surface area contributed by atoms with Crippen molar-refractivity contribution in [3.8, 4) is 0 Å². The van der Waals surface area contributed by atoms with E-state index in [-0.39, 0.29) is 0 Å². The molecule has 0 spiro atoms. The van der Waals surface area contributed by atoms with Crippen molar-refractivity contribution in [2.75, 3.05) is 5.33 Å². The van der Waals surface area contributed by atoms with Crippen LogP contribution >= 0.6 is 31.9 Å². The topological polar surface area (TPSA) is 0 Å². The van der Waals surface area contributed by atoms with Gasteiger partial charge >= 0.3 is 0 Å². The Bertz CT molecular complexity index is 106. The second kappa shape index (κ2) is 4.86. The van der Waals surface area contributed by atoms with Gasteiger partial charge in [0.2, 0.25) is 0 Å². The van der Waals surface area contributed by atoms with Gasteiger partial charge in [0.05, 0.1) is 0 Å². The predicted molar refractivity (Wildman–Crippen MR) is 57.6 cm³/mol. The summed E-state index contributed by atoms with van der Waals surface area (Å²) in [5, 5.41) is 1.10. The molecule has 2 heteroatoms. The van der Waals surface area contributed by atoms with Gasteiger partial charge in [-0.25, -0.2) is 0 Å². The lowest BCUT2D eigenvalue weighted by Crippen LogP contribution is -2.21. The van der Waals surface area contributed by atoms with Crippen molar-refractivity contribution in [2.24, 2.45) is 11.8 Å². The average Bonchev–Trinajstić information content (AvgIpc) is 2.05. The van der Waals surface area contributed by atoms with E-state index in [4.69, 9.17) is 0 Å². The van der Waals surface area contributed by atoms with Gasteiger partial charge in [0.15, 0.2) is 0 Å². The summed E-state index contributed by atoms with van der Waals surface area (Å²) >= 11 is 7.23. The van der Waals surface area contributed by atoms with Gasteiger partial charge in [0, 0.05) is 10.2 Å². The van der Waals surface area contributed by atoms with E-state index in [0.717, 1.165) is 17.2 Å². The molecule has 1 saturated carbocycles. The van der Waals surface area contributed by atoms with Crippen molar-refractivity contribution in [1.29, 1.82) is 0 Å². The van der Waals surface area contributed by atoms with Crippen LogP contribution in [0.1, 0.15) is 32.6 Å². The highest BCUT2D eigenvalue weighted by Crippen LogP contribution is 2.33. The third-order valence-corrected chi connectivity index (χ3v) is 5.36. The molecule has 0 N–H and O–H groups in total. The van der Waals surface area contributed by atoms with Crippen molar-refractivity contribution in [3.05, 3.63) is 0 Å². The van der Waals surface area contributed by atoms with Crippen LogP contribution in [0.15, 0.2) is 0 Å². The molecule has 0 radical (unpaired) electrons. The molecule has 0 nitrogen and oxygen atoms in total. The normalized spacial score (nSPS) is 35.2. The van der Waals surface area contributed by atoms with Crippen LogP contribution in [0.25, 0.3) is 0 Å². The van der Waals surface area contributed by atoms with Gasteiger partial charge in [-0.1, -0.05) is 51.6 Å². The Morgan fingerprint density at radius 2 is 1.82 bits per heavy atom. The summed E-state index contributed by atoms with van der Waals surface area (Å²) in [7, 11) is 0. The molecule has 1 unspecified atom stereocenters. The molecule has 1 rings (SSSR count). The van der Waals surface area contributed by atoms with Crippen molar-refractivity contribution in [2.45, 2.75) is 37.4 Å². The maximum absolute atomic E-state index is 3.71. The first-order valence-electron chi connectivity index (χ1n) is 4.44. The molecule has 0 aromatic heterocycles. The van der Waals surface area contributed by atoms with Crippen LogP contribution in [-0.2, 0) is 0 Å². The van der Waals surface area contributed by atoms with E-state index in [0.29, 0.717) is 4.83 Å². The van der Waals surface area contributed by atoms with Crippen molar-refractivity contribution < 1.29 is 0 Å². The molecule has 0 heterocycles. The molecule has 0 saturated heterocycles. The molecule has 1 aliphatic carbocycles. The number of alkyl halides is 2. The molecule has 1 fully saturated rings. The van der Waals surface area contributed by atoms with Crippen LogP contribution in [0.5, 0.6) is 0 Å². The van der Waals surface area contributed by atoms with E-state index in [1.54, 1.807) is 0 Å². The standard InChI is InChI=1S/C9H16Br2/c1-7-2-4-8(5-3-7)9(11)6-10/h7-9H,2-6H2,1H3. The van der Waals surface area contributed by atoms with E-state index in [1.165, 1.54) is 25.7 Å². The fourth-order valence-corrected chi connectivity index (χ4v) is 2.83. The van der Waals surface area contributed by atoms with Gasteiger partial charge < -0.3 is 0 Å². The largest absolute Gasteiger partial charge is 0.0916 e. The molecule has 0 aliphatic heterocycles. The van der Waals surface area contributed by atoms with Crippen molar-refractivity contribution >= 4 is 31.9 Å². The SMILES string of the molecule is CC1CCC(C(Br)CBr)CC1. The van der Waals surface area contributed by atoms with E-state index in [9.17, 15) is 0 Å². The molecule has 1 aliphatic rings. The quantitative estimate of drug-likeness (QED) is 0.673. The summed E-state index contributed by atoms with van der Waals surface area (Å²) in [4.78, 5) is 0.704. The summed E-state index contributed by atoms with van der Waals surface area (Å²) < 4.78 is 0.